The van der Waals surface area contributed by atoms with Gasteiger partial charge >= 0.3 is 12.4 Å². The first-order chi connectivity index (χ1) is 46.0. The fourth-order valence-electron chi connectivity index (χ4n) is 11.2. The molecule has 2 saturated heterocycles. The van der Waals surface area contributed by atoms with Crippen LogP contribution in [0.2, 0.25) is 5.02 Å². The summed E-state index contributed by atoms with van der Waals surface area (Å²) in [5.41, 5.74) is -0.124. The summed E-state index contributed by atoms with van der Waals surface area (Å²) in [4.78, 5) is 30.4. The predicted octanol–water partition coefficient (Wildman–Crippen LogP) is 10.8. The molecule has 8 aromatic rings. The third kappa shape index (κ3) is 17.0. The highest BCUT2D eigenvalue weighted by atomic mass is 35.5. The number of nitrogens with zero attached hydrogens (tertiary/aromatic N) is 12. The number of alkyl halides is 6. The van der Waals surface area contributed by atoms with Crippen molar-refractivity contribution in [3.05, 3.63) is 179 Å². The van der Waals surface area contributed by atoms with Crippen LogP contribution in [0.5, 0.6) is 23.0 Å². The molecule has 0 bridgehead atoms. The number of sulfonamides is 2. The van der Waals surface area contributed by atoms with E-state index in [-0.39, 0.29) is 71.2 Å². The van der Waals surface area contributed by atoms with Crippen molar-refractivity contribution in [2.45, 2.75) is 72.2 Å². The zero-order chi connectivity index (χ0) is 70.1. The molecule has 0 amide bonds. The largest absolute Gasteiger partial charge is 0.497 e. The van der Waals surface area contributed by atoms with Gasteiger partial charge in [-0.05, 0) is 120 Å². The van der Waals surface area contributed by atoms with E-state index in [4.69, 9.17) is 30.5 Å². The molecule has 97 heavy (non-hydrogen) atoms. The van der Waals surface area contributed by atoms with Crippen LogP contribution in [0.25, 0.3) is 0 Å². The standard InChI is InChI=1S/C32H34ClF4N7O4S.C32H35F4N7O4S/c1-42(2)27-18-43(31-13-21(7-11-39-31)32(35,36)37)12-9-25(27)41-26-16-24(34)29(15-23(26)33)49(45,46)44(30-8-10-38-19-40-30)17-20-5-6-22(47-3)14-28(20)48-4;1-41(2)27-19-42(31-15-22(9-13-38-31)32(34,35)36)14-11-26(27)40-23-6-8-29(25(33)16-23)48(44,45)43(30-10-12-37-20-39-30)18-21-5-7-24(46-3)17-28(21)47-4/h5-8,10-11,13-16,19,25,27,41H,9,12,17-18H2,1-4H3;5-10,12-13,15-17,20,26-27,40H,11,14,18-19H2,1-4H3/t25-,27-;26-,27-/m00/s1. The van der Waals surface area contributed by atoms with Gasteiger partial charge in [0.05, 0.1) is 63.4 Å². The van der Waals surface area contributed by atoms with Crippen molar-refractivity contribution in [2.75, 3.05) is 112 Å². The maximum Gasteiger partial charge on any atom is 0.416 e. The third-order valence-electron chi connectivity index (χ3n) is 16.3. The van der Waals surface area contributed by atoms with Gasteiger partial charge in [-0.3, -0.25) is 0 Å². The van der Waals surface area contributed by atoms with Crippen LogP contribution in [0.15, 0.2) is 150 Å². The molecule has 6 heterocycles. The van der Waals surface area contributed by atoms with E-state index < -0.39 is 65.0 Å². The van der Waals surface area contributed by atoms with Gasteiger partial charge in [0, 0.05) is 116 Å². The molecule has 0 unspecified atom stereocenters. The molecular weight excluding hydrogens is 1340 g/mol. The van der Waals surface area contributed by atoms with Crippen molar-refractivity contribution >= 4 is 66.3 Å². The zero-order valence-electron chi connectivity index (χ0n) is 53.6. The number of hydrogen-bond donors (Lipinski definition) is 2. The molecule has 4 aromatic heterocycles. The average molecular weight is 1410 g/mol. The first kappa shape index (κ1) is 72.2. The number of anilines is 6. The molecule has 33 heteroatoms. The van der Waals surface area contributed by atoms with E-state index in [2.05, 4.69) is 40.5 Å². The van der Waals surface area contributed by atoms with Crippen molar-refractivity contribution in [3.8, 4) is 23.0 Å². The SMILES string of the molecule is COc1ccc(CN(c2ccncn2)S(=O)(=O)c2cc(Cl)c(N[C@H]3CCN(c4cc(C(F)(F)F)ccn4)C[C@@H]3N(C)C)cc2F)c(OC)c1.COc1ccc(CN(c2ccncn2)S(=O)(=O)c2ccc(N[C@H]3CCN(c4cc(C(F)(F)F)ccn4)C[C@@H]3N(C)C)cc2F)c(OC)c1. The first-order valence-corrected chi connectivity index (χ1v) is 33.0. The fourth-order valence-corrected chi connectivity index (χ4v) is 14.4. The molecule has 0 aliphatic carbocycles. The van der Waals surface area contributed by atoms with Crippen LogP contribution in [0.3, 0.4) is 0 Å². The van der Waals surface area contributed by atoms with E-state index in [1.807, 2.05) is 38.0 Å². The molecule has 10 rings (SSSR count). The topological polar surface area (TPSA) is 226 Å². The second-order valence-electron chi connectivity index (χ2n) is 22.8. The third-order valence-corrected chi connectivity index (χ3v) is 20.2. The highest BCUT2D eigenvalue weighted by Crippen LogP contribution is 2.39. The number of methoxy groups -OCH3 is 4. The van der Waals surface area contributed by atoms with Crippen molar-refractivity contribution in [2.24, 2.45) is 0 Å². The minimum atomic E-state index is -4.61. The molecule has 518 valence electrons. The van der Waals surface area contributed by atoms with Crippen molar-refractivity contribution in [3.63, 3.8) is 0 Å². The molecule has 22 nitrogen and oxygen atoms in total. The maximum atomic E-state index is 15.9. The van der Waals surface area contributed by atoms with Gasteiger partial charge in [-0.1, -0.05) is 11.6 Å². The Kier molecular flexibility index (Phi) is 22.7. The van der Waals surface area contributed by atoms with Crippen molar-refractivity contribution < 1.29 is 70.9 Å². The number of nitrogens with one attached hydrogen (secondary N) is 2. The van der Waals surface area contributed by atoms with Crippen molar-refractivity contribution in [1.82, 2.24) is 39.7 Å². The van der Waals surface area contributed by atoms with Crippen LogP contribution in [0, 0.1) is 11.6 Å². The van der Waals surface area contributed by atoms with E-state index in [0.29, 0.717) is 78.8 Å². The number of aromatic nitrogens is 6. The van der Waals surface area contributed by atoms with E-state index in [9.17, 15) is 43.2 Å². The number of benzene rings is 4. The Labute approximate surface area is 560 Å². The summed E-state index contributed by atoms with van der Waals surface area (Å²) in [6.45, 7) is 0.924. The van der Waals surface area contributed by atoms with Crippen LogP contribution >= 0.6 is 11.6 Å². The quantitative estimate of drug-likeness (QED) is 0.0602. The zero-order valence-corrected chi connectivity index (χ0v) is 56.0. The van der Waals surface area contributed by atoms with E-state index in [0.717, 1.165) is 63.5 Å². The summed E-state index contributed by atoms with van der Waals surface area (Å²) in [7, 11) is 4.08. The van der Waals surface area contributed by atoms with Gasteiger partial charge in [-0.2, -0.15) is 26.3 Å². The highest BCUT2D eigenvalue weighted by Gasteiger charge is 2.39. The Bertz CT molecular complexity index is 4260. The lowest BCUT2D eigenvalue weighted by atomic mass is 9.97. The Morgan fingerprint density at radius 3 is 1.40 bits per heavy atom. The van der Waals surface area contributed by atoms with Gasteiger partial charge in [0.25, 0.3) is 20.0 Å². The number of pyridine rings is 2. The molecule has 0 radical (unpaired) electrons. The fraction of sp³-hybridized carbons (Fsp3) is 0.344. The predicted molar refractivity (Wildman–Crippen MR) is 350 cm³/mol. The number of halogens is 9. The molecule has 0 spiro atoms. The molecule has 2 fully saturated rings. The number of hydrogen-bond acceptors (Lipinski definition) is 20. The van der Waals surface area contributed by atoms with Crippen LogP contribution in [0.4, 0.5) is 69.8 Å². The Hall–Kier alpha value is -9.11. The normalized spacial score (nSPS) is 16.9. The molecule has 0 saturated carbocycles. The summed E-state index contributed by atoms with van der Waals surface area (Å²) < 4.78 is 191. The Morgan fingerprint density at radius 2 is 0.990 bits per heavy atom. The van der Waals surface area contributed by atoms with Crippen LogP contribution in [-0.4, -0.2) is 164 Å². The molecule has 4 aromatic carbocycles. The van der Waals surface area contributed by atoms with Gasteiger partial charge in [0.15, 0.2) is 0 Å². The Morgan fingerprint density at radius 1 is 0.536 bits per heavy atom. The molecule has 2 aliphatic heterocycles. The van der Waals surface area contributed by atoms with Gasteiger partial charge in [-0.25, -0.2) is 64.1 Å². The number of rotatable bonds is 22. The smallest absolute Gasteiger partial charge is 0.416 e. The van der Waals surface area contributed by atoms with E-state index in [1.54, 1.807) is 46.2 Å². The van der Waals surface area contributed by atoms with Crippen LogP contribution in [-0.2, 0) is 45.5 Å². The summed E-state index contributed by atoms with van der Waals surface area (Å²) in [6.07, 6.45) is -0.675. The monoisotopic (exact) mass is 1410 g/mol. The first-order valence-electron chi connectivity index (χ1n) is 29.7. The van der Waals surface area contributed by atoms with Crippen molar-refractivity contribution in [1.29, 1.82) is 0 Å². The number of likely N-dealkylation sites (N-methyl/N-ethyl adjacent to an activating group) is 2. The Balaban J connectivity index is 0.000000227. The lowest BCUT2D eigenvalue weighted by Gasteiger charge is -2.43. The van der Waals surface area contributed by atoms with Gasteiger partial charge in [0.2, 0.25) is 0 Å². The lowest BCUT2D eigenvalue weighted by molar-refractivity contribution is -0.138. The van der Waals surface area contributed by atoms with E-state index >= 15 is 8.78 Å². The van der Waals surface area contributed by atoms with Gasteiger partial charge in [-0.15, -0.1) is 0 Å². The van der Waals surface area contributed by atoms with Crippen LogP contribution in [0.1, 0.15) is 35.1 Å². The highest BCUT2D eigenvalue weighted by molar-refractivity contribution is 7.93. The van der Waals surface area contributed by atoms with E-state index in [1.165, 1.54) is 77.8 Å². The summed E-state index contributed by atoms with van der Waals surface area (Å²) >= 11 is 6.62. The number of piperidine rings is 2. The number of ether oxygens (including phenoxy) is 4. The summed E-state index contributed by atoms with van der Waals surface area (Å²) in [5, 5.41) is 6.48. The summed E-state index contributed by atoms with van der Waals surface area (Å²) in [5.74, 6) is 0.110. The maximum absolute atomic E-state index is 15.9. The molecular formula is C64H69ClF8N14O8S2. The minimum absolute atomic E-state index is 0.0126. The molecule has 2 aliphatic rings. The molecule has 2 N–H and O–H groups in total. The minimum Gasteiger partial charge on any atom is -0.497 e. The summed E-state index contributed by atoms with van der Waals surface area (Å²) in [6, 6.07) is 21.3. The second kappa shape index (κ2) is 30.5. The van der Waals surface area contributed by atoms with Gasteiger partial charge < -0.3 is 49.2 Å². The second-order valence-corrected chi connectivity index (χ2v) is 26.8. The average Bonchev–Trinajstić information content (AvgIpc) is 0.775. The van der Waals surface area contributed by atoms with Gasteiger partial charge in [0.1, 0.15) is 80.3 Å². The van der Waals surface area contributed by atoms with Crippen LogP contribution < -0.4 is 48.0 Å². The lowest BCUT2D eigenvalue weighted by Crippen LogP contribution is -2.56. The molecule has 4 atom stereocenters.